The van der Waals surface area contributed by atoms with Gasteiger partial charge >= 0.3 is 0 Å². The molecule has 3 rings (SSSR count). The molecule has 1 aliphatic heterocycles. The maximum atomic E-state index is 12.6. The summed E-state index contributed by atoms with van der Waals surface area (Å²) in [6.07, 6.45) is 0.696. The summed E-state index contributed by atoms with van der Waals surface area (Å²) < 4.78 is 25.3. The second-order valence-electron chi connectivity index (χ2n) is 5.85. The molecule has 1 aromatic carbocycles. The van der Waals surface area contributed by atoms with E-state index in [0.29, 0.717) is 30.0 Å². The zero-order chi connectivity index (χ0) is 17.2. The number of rotatable bonds is 3. The number of sulfone groups is 1. The zero-order valence-corrected chi connectivity index (χ0v) is 15.4. The lowest BCUT2D eigenvalue weighted by molar-refractivity contribution is -0.130. The molecule has 1 atom stereocenters. The monoisotopic (exact) mass is 383 g/mol. The van der Waals surface area contributed by atoms with Gasteiger partial charge in [-0.1, -0.05) is 29.8 Å². The fourth-order valence-electron chi connectivity index (χ4n) is 2.96. The molecule has 2 heterocycles. The molecule has 0 unspecified atom stereocenters. The Morgan fingerprint density at radius 2 is 2.04 bits per heavy atom. The predicted molar refractivity (Wildman–Crippen MR) is 97.2 cm³/mol. The van der Waals surface area contributed by atoms with Crippen LogP contribution in [0.4, 0.5) is 0 Å². The van der Waals surface area contributed by atoms with Crippen LogP contribution in [0.25, 0.3) is 0 Å². The zero-order valence-electron chi connectivity index (χ0n) is 13.0. The van der Waals surface area contributed by atoms with Gasteiger partial charge in [0.25, 0.3) is 0 Å². The normalized spacial score (nSPS) is 20.5. The van der Waals surface area contributed by atoms with Gasteiger partial charge in [-0.15, -0.1) is 0 Å². The average molecular weight is 384 g/mol. The van der Waals surface area contributed by atoms with E-state index in [1.807, 2.05) is 16.8 Å². The van der Waals surface area contributed by atoms with E-state index in [4.69, 9.17) is 11.6 Å². The smallest absolute Gasteiger partial charge is 0.227 e. The summed E-state index contributed by atoms with van der Waals surface area (Å²) in [5.74, 6) is -0.0541. The summed E-state index contributed by atoms with van der Waals surface area (Å²) in [4.78, 5) is 14.1. The first kappa shape index (κ1) is 17.5. The van der Waals surface area contributed by atoms with Crippen LogP contribution in [-0.4, -0.2) is 38.1 Å². The number of hydrogen-bond acceptors (Lipinski definition) is 4. The SMILES string of the molecule is O=C(Cc1ccsc1)N1CC[C@H](c2ccccc2Cl)S(=O)(=O)CC1. The minimum absolute atomic E-state index is 0.0246. The minimum Gasteiger partial charge on any atom is -0.341 e. The summed E-state index contributed by atoms with van der Waals surface area (Å²) in [5.41, 5.74) is 1.60. The number of amides is 1. The number of carbonyl (C=O) groups is 1. The fourth-order valence-corrected chi connectivity index (χ4v) is 5.78. The molecule has 1 saturated heterocycles. The van der Waals surface area contributed by atoms with Gasteiger partial charge in [0.1, 0.15) is 0 Å². The van der Waals surface area contributed by atoms with Crippen molar-refractivity contribution in [2.45, 2.75) is 18.1 Å². The maximum absolute atomic E-state index is 12.6. The molecule has 0 N–H and O–H groups in total. The third-order valence-corrected chi connectivity index (χ3v) is 7.47. The highest BCUT2D eigenvalue weighted by Gasteiger charge is 2.33. The third-order valence-electron chi connectivity index (χ3n) is 4.28. The van der Waals surface area contributed by atoms with Crippen molar-refractivity contribution in [2.24, 2.45) is 0 Å². The number of halogens is 1. The number of benzene rings is 1. The van der Waals surface area contributed by atoms with Gasteiger partial charge in [0.05, 0.1) is 17.4 Å². The Kier molecular flexibility index (Phi) is 5.27. The molecule has 0 aliphatic carbocycles. The lowest BCUT2D eigenvalue weighted by Crippen LogP contribution is -2.34. The molecular formula is C17H18ClNO3S2. The van der Waals surface area contributed by atoms with Gasteiger partial charge in [-0.3, -0.25) is 4.79 Å². The molecule has 1 aromatic heterocycles. The number of hydrogen-bond donors (Lipinski definition) is 0. The minimum atomic E-state index is -3.34. The Morgan fingerprint density at radius 1 is 1.25 bits per heavy atom. The van der Waals surface area contributed by atoms with Gasteiger partial charge in [-0.05, 0) is 40.4 Å². The van der Waals surface area contributed by atoms with Gasteiger partial charge in [-0.2, -0.15) is 11.3 Å². The first-order valence-electron chi connectivity index (χ1n) is 7.72. The Balaban J connectivity index is 1.77. The molecule has 0 radical (unpaired) electrons. The Hall–Kier alpha value is -1.37. The molecule has 1 fully saturated rings. The molecule has 24 heavy (non-hydrogen) atoms. The maximum Gasteiger partial charge on any atom is 0.227 e. The molecule has 1 aliphatic rings. The van der Waals surface area contributed by atoms with Crippen LogP contribution in [0.2, 0.25) is 5.02 Å². The molecule has 0 spiro atoms. The molecule has 7 heteroatoms. The van der Waals surface area contributed by atoms with Crippen LogP contribution in [0.5, 0.6) is 0 Å². The van der Waals surface area contributed by atoms with Crippen LogP contribution in [-0.2, 0) is 21.1 Å². The summed E-state index contributed by atoms with van der Waals surface area (Å²) >= 11 is 7.74. The average Bonchev–Trinajstić information content (AvgIpc) is 2.98. The lowest BCUT2D eigenvalue weighted by Gasteiger charge is -2.20. The van der Waals surface area contributed by atoms with Crippen molar-refractivity contribution in [2.75, 3.05) is 18.8 Å². The topological polar surface area (TPSA) is 54.5 Å². The predicted octanol–water partition coefficient (Wildman–Crippen LogP) is 3.33. The quantitative estimate of drug-likeness (QED) is 0.816. The number of carbonyl (C=O) groups excluding carboxylic acids is 1. The van der Waals surface area contributed by atoms with Gasteiger partial charge < -0.3 is 4.90 Å². The van der Waals surface area contributed by atoms with E-state index in [1.54, 1.807) is 40.5 Å². The molecule has 1 amide bonds. The summed E-state index contributed by atoms with van der Waals surface area (Å²) in [6, 6.07) is 8.96. The van der Waals surface area contributed by atoms with Crippen LogP contribution in [0.1, 0.15) is 22.8 Å². The Labute approximate surface area is 151 Å². The van der Waals surface area contributed by atoms with Crippen molar-refractivity contribution in [3.63, 3.8) is 0 Å². The van der Waals surface area contributed by atoms with Crippen LogP contribution < -0.4 is 0 Å². The molecule has 0 bridgehead atoms. The van der Waals surface area contributed by atoms with Crippen molar-refractivity contribution in [3.8, 4) is 0 Å². The van der Waals surface area contributed by atoms with Crippen molar-refractivity contribution < 1.29 is 13.2 Å². The third kappa shape index (κ3) is 3.82. The van der Waals surface area contributed by atoms with E-state index in [2.05, 4.69) is 0 Å². The lowest BCUT2D eigenvalue weighted by atomic mass is 10.1. The van der Waals surface area contributed by atoms with E-state index in [1.165, 1.54) is 0 Å². The number of nitrogens with zero attached hydrogens (tertiary/aromatic N) is 1. The second-order valence-corrected chi connectivity index (χ2v) is 9.35. The molecule has 128 valence electrons. The highest BCUT2D eigenvalue weighted by Crippen LogP contribution is 2.33. The number of thiophene rings is 1. The van der Waals surface area contributed by atoms with Crippen LogP contribution in [0.3, 0.4) is 0 Å². The van der Waals surface area contributed by atoms with Crippen molar-refractivity contribution in [1.82, 2.24) is 4.90 Å². The summed E-state index contributed by atoms with van der Waals surface area (Å²) in [5, 5.41) is 3.69. The van der Waals surface area contributed by atoms with Gasteiger partial charge in [0, 0.05) is 18.1 Å². The second kappa shape index (κ2) is 7.25. The van der Waals surface area contributed by atoms with Crippen LogP contribution >= 0.6 is 22.9 Å². The van der Waals surface area contributed by atoms with E-state index in [-0.39, 0.29) is 18.2 Å². The van der Waals surface area contributed by atoms with Gasteiger partial charge in [-0.25, -0.2) is 8.42 Å². The highest BCUT2D eigenvalue weighted by atomic mass is 35.5. The molecule has 2 aromatic rings. The first-order chi connectivity index (χ1) is 11.5. The summed E-state index contributed by atoms with van der Waals surface area (Å²) in [6.45, 7) is 0.671. The van der Waals surface area contributed by atoms with Crippen molar-refractivity contribution in [3.05, 3.63) is 57.2 Å². The summed E-state index contributed by atoms with van der Waals surface area (Å²) in [7, 11) is -3.34. The van der Waals surface area contributed by atoms with Crippen molar-refractivity contribution in [1.29, 1.82) is 0 Å². The van der Waals surface area contributed by atoms with E-state index >= 15 is 0 Å². The highest BCUT2D eigenvalue weighted by molar-refractivity contribution is 7.91. The largest absolute Gasteiger partial charge is 0.341 e. The van der Waals surface area contributed by atoms with Gasteiger partial charge in [0.15, 0.2) is 9.84 Å². The van der Waals surface area contributed by atoms with Crippen LogP contribution in [0, 0.1) is 0 Å². The molecule has 0 saturated carbocycles. The molecule has 4 nitrogen and oxygen atoms in total. The standard InChI is InChI=1S/C17H18ClNO3S2/c18-15-4-2-1-3-14(15)16-5-7-19(8-10-24(16,21)22)17(20)11-13-6-9-23-12-13/h1-4,6,9,12,16H,5,7-8,10-11H2/t16-/m1/s1. The Morgan fingerprint density at radius 3 is 2.75 bits per heavy atom. The first-order valence-corrected chi connectivity index (χ1v) is 10.8. The molecular weight excluding hydrogens is 366 g/mol. The van der Waals surface area contributed by atoms with Crippen LogP contribution in [0.15, 0.2) is 41.1 Å². The van der Waals surface area contributed by atoms with E-state index in [9.17, 15) is 13.2 Å². The van der Waals surface area contributed by atoms with E-state index < -0.39 is 15.1 Å². The Bertz CT molecular complexity index is 818. The van der Waals surface area contributed by atoms with Crippen molar-refractivity contribution >= 4 is 38.7 Å². The van der Waals surface area contributed by atoms with Gasteiger partial charge in [0.2, 0.25) is 5.91 Å². The fraction of sp³-hybridized carbons (Fsp3) is 0.353. The van der Waals surface area contributed by atoms with E-state index in [0.717, 1.165) is 5.56 Å².